The zero-order chi connectivity index (χ0) is 8.27. The summed E-state index contributed by atoms with van der Waals surface area (Å²) in [5.74, 6) is 0. The summed E-state index contributed by atoms with van der Waals surface area (Å²) in [4.78, 5) is 10.0. The first-order valence-corrected chi connectivity index (χ1v) is 3.40. The number of allylic oxidation sites excluding steroid dienone is 5. The lowest BCUT2D eigenvalue weighted by Gasteiger charge is -1.93. The molecule has 0 aromatic heterocycles. The van der Waals surface area contributed by atoms with Crippen molar-refractivity contribution in [2.24, 2.45) is 0 Å². The second-order valence-electron chi connectivity index (χ2n) is 2.36. The molecule has 0 unspecified atom stereocenters. The minimum absolute atomic E-state index is 0.193. The van der Waals surface area contributed by atoms with E-state index in [2.05, 4.69) is 0 Å². The molecule has 3 nitrogen and oxygen atoms in total. The normalized spacial score (nSPS) is 16.8. The molecule has 0 aromatic rings. The molecule has 1 rings (SSSR count). The highest BCUT2D eigenvalue weighted by atomic mass is 16.6. The molecule has 11 heavy (non-hydrogen) atoms. The number of rotatable bonds is 1. The second kappa shape index (κ2) is 3.14. The molecule has 58 valence electrons. The number of hydrogen-bond acceptors (Lipinski definition) is 2. The van der Waals surface area contributed by atoms with Crippen LogP contribution in [0.4, 0.5) is 0 Å². The summed E-state index contributed by atoms with van der Waals surface area (Å²) in [5, 5.41) is 10.4. The van der Waals surface area contributed by atoms with E-state index in [1.807, 2.05) is 12.2 Å². The molecule has 0 aromatic carbocycles. The summed E-state index contributed by atoms with van der Waals surface area (Å²) in [6.45, 7) is 1.75. The lowest BCUT2D eigenvalue weighted by atomic mass is 10.2. The maximum Gasteiger partial charge on any atom is 0.271 e. The van der Waals surface area contributed by atoms with Crippen LogP contribution in [0.1, 0.15) is 13.3 Å². The predicted octanol–water partition coefficient (Wildman–Crippen LogP) is 2.05. The monoisotopic (exact) mass is 151 g/mol. The molecule has 0 heterocycles. The maximum atomic E-state index is 10.4. The highest BCUT2D eigenvalue weighted by Crippen LogP contribution is 2.13. The maximum absolute atomic E-state index is 10.4. The average molecular weight is 151 g/mol. The summed E-state index contributed by atoms with van der Waals surface area (Å²) in [6.07, 6.45) is 7.75. The van der Waals surface area contributed by atoms with E-state index in [9.17, 15) is 10.1 Å². The number of nitrogens with zero attached hydrogens (tertiary/aromatic N) is 1. The Hall–Kier alpha value is -1.38. The van der Waals surface area contributed by atoms with Crippen LogP contribution in [-0.4, -0.2) is 4.92 Å². The van der Waals surface area contributed by atoms with Crippen molar-refractivity contribution in [3.8, 4) is 0 Å². The van der Waals surface area contributed by atoms with Crippen molar-refractivity contribution in [1.82, 2.24) is 0 Å². The Morgan fingerprint density at radius 3 is 3.00 bits per heavy atom. The molecule has 0 fully saturated rings. The van der Waals surface area contributed by atoms with E-state index in [1.54, 1.807) is 13.0 Å². The van der Waals surface area contributed by atoms with Gasteiger partial charge in [0.05, 0.1) is 4.92 Å². The zero-order valence-electron chi connectivity index (χ0n) is 6.28. The smallest absolute Gasteiger partial charge is 0.258 e. The molecule has 1 aliphatic carbocycles. The highest BCUT2D eigenvalue weighted by Gasteiger charge is 2.11. The van der Waals surface area contributed by atoms with Gasteiger partial charge >= 0.3 is 0 Å². The van der Waals surface area contributed by atoms with Gasteiger partial charge in [-0.05, 0) is 13.3 Å². The number of nitro groups is 1. The summed E-state index contributed by atoms with van der Waals surface area (Å²) in [5.41, 5.74) is 0.929. The van der Waals surface area contributed by atoms with E-state index in [0.29, 0.717) is 0 Å². The molecular weight excluding hydrogens is 142 g/mol. The molecule has 0 radical (unpaired) electrons. The fraction of sp³-hybridized carbons (Fsp3) is 0.250. The minimum Gasteiger partial charge on any atom is -0.258 e. The fourth-order valence-electron chi connectivity index (χ4n) is 0.923. The molecule has 1 aliphatic rings. The molecule has 0 spiro atoms. The lowest BCUT2D eigenvalue weighted by molar-refractivity contribution is -0.420. The molecule has 0 amide bonds. The molecule has 0 saturated carbocycles. The van der Waals surface area contributed by atoms with Gasteiger partial charge in [0.15, 0.2) is 0 Å². The van der Waals surface area contributed by atoms with Gasteiger partial charge in [0, 0.05) is 11.6 Å². The summed E-state index contributed by atoms with van der Waals surface area (Å²) < 4.78 is 0. The van der Waals surface area contributed by atoms with Gasteiger partial charge in [-0.15, -0.1) is 0 Å². The van der Waals surface area contributed by atoms with Crippen molar-refractivity contribution in [1.29, 1.82) is 0 Å². The SMILES string of the molecule is CC1=CCC=CC=C1[N+](=O)[O-]. The van der Waals surface area contributed by atoms with Crippen LogP contribution in [0, 0.1) is 10.1 Å². The van der Waals surface area contributed by atoms with E-state index >= 15 is 0 Å². The van der Waals surface area contributed by atoms with Crippen LogP contribution in [0.2, 0.25) is 0 Å². The van der Waals surface area contributed by atoms with Crippen molar-refractivity contribution in [2.75, 3.05) is 0 Å². The molecule has 3 heteroatoms. The van der Waals surface area contributed by atoms with Crippen LogP contribution >= 0.6 is 0 Å². The fourth-order valence-corrected chi connectivity index (χ4v) is 0.923. The standard InChI is InChI=1S/C8H9NO2/c1-7-5-3-2-4-6-8(7)9(10)11/h2,4-6H,3H2,1H3. The lowest BCUT2D eigenvalue weighted by Crippen LogP contribution is -1.98. The van der Waals surface area contributed by atoms with Crippen molar-refractivity contribution < 1.29 is 4.92 Å². The first-order chi connectivity index (χ1) is 5.22. The van der Waals surface area contributed by atoms with Crippen LogP contribution < -0.4 is 0 Å². The molecular formula is C8H9NO2. The quantitative estimate of drug-likeness (QED) is 0.425. The Balaban J connectivity index is 2.98. The van der Waals surface area contributed by atoms with Crippen molar-refractivity contribution >= 4 is 0 Å². The third-order valence-corrected chi connectivity index (χ3v) is 1.55. The Bertz CT molecular complexity index is 261. The molecule has 0 saturated heterocycles. The summed E-state index contributed by atoms with van der Waals surface area (Å²) in [7, 11) is 0. The van der Waals surface area contributed by atoms with Gasteiger partial charge in [-0.2, -0.15) is 0 Å². The average Bonchev–Trinajstić information content (AvgIpc) is 2.13. The number of hydrogen-bond donors (Lipinski definition) is 0. The third kappa shape index (κ3) is 1.77. The first-order valence-electron chi connectivity index (χ1n) is 3.40. The zero-order valence-corrected chi connectivity index (χ0v) is 6.28. The highest BCUT2D eigenvalue weighted by molar-refractivity contribution is 5.29. The van der Waals surface area contributed by atoms with Crippen LogP contribution in [-0.2, 0) is 0 Å². The molecule has 0 N–H and O–H groups in total. The minimum atomic E-state index is -0.360. The summed E-state index contributed by atoms with van der Waals surface area (Å²) in [6, 6.07) is 0. The van der Waals surface area contributed by atoms with Gasteiger partial charge in [-0.25, -0.2) is 0 Å². The van der Waals surface area contributed by atoms with Crippen molar-refractivity contribution in [3.63, 3.8) is 0 Å². The van der Waals surface area contributed by atoms with Gasteiger partial charge in [0.25, 0.3) is 5.70 Å². The molecule has 0 aliphatic heterocycles. The van der Waals surface area contributed by atoms with Crippen LogP contribution in [0.5, 0.6) is 0 Å². The van der Waals surface area contributed by atoms with E-state index in [4.69, 9.17) is 0 Å². The van der Waals surface area contributed by atoms with E-state index < -0.39 is 0 Å². The van der Waals surface area contributed by atoms with Crippen molar-refractivity contribution in [2.45, 2.75) is 13.3 Å². The second-order valence-corrected chi connectivity index (χ2v) is 2.36. The first kappa shape index (κ1) is 7.72. The predicted molar refractivity (Wildman–Crippen MR) is 42.6 cm³/mol. The van der Waals surface area contributed by atoms with E-state index in [1.165, 1.54) is 6.08 Å². The molecule has 0 bridgehead atoms. The Labute approximate surface area is 64.9 Å². The van der Waals surface area contributed by atoms with Gasteiger partial charge in [-0.3, -0.25) is 10.1 Å². The Morgan fingerprint density at radius 2 is 2.36 bits per heavy atom. The summed E-state index contributed by atoms with van der Waals surface area (Å²) >= 11 is 0. The molecule has 0 atom stereocenters. The largest absolute Gasteiger partial charge is 0.271 e. The van der Waals surface area contributed by atoms with Crippen LogP contribution in [0.25, 0.3) is 0 Å². The van der Waals surface area contributed by atoms with Crippen LogP contribution in [0.3, 0.4) is 0 Å². The topological polar surface area (TPSA) is 43.1 Å². The van der Waals surface area contributed by atoms with Gasteiger partial charge in [0.2, 0.25) is 0 Å². The van der Waals surface area contributed by atoms with E-state index in [0.717, 1.165) is 12.0 Å². The van der Waals surface area contributed by atoms with Gasteiger partial charge in [-0.1, -0.05) is 18.2 Å². The van der Waals surface area contributed by atoms with E-state index in [-0.39, 0.29) is 10.6 Å². The van der Waals surface area contributed by atoms with Crippen LogP contribution in [0.15, 0.2) is 35.6 Å². The van der Waals surface area contributed by atoms with Gasteiger partial charge < -0.3 is 0 Å². The Morgan fingerprint density at radius 1 is 1.64 bits per heavy atom. The Kier molecular flexibility index (Phi) is 2.21. The third-order valence-electron chi connectivity index (χ3n) is 1.55. The van der Waals surface area contributed by atoms with Gasteiger partial charge in [0.1, 0.15) is 0 Å². The van der Waals surface area contributed by atoms with Crippen molar-refractivity contribution in [3.05, 3.63) is 45.7 Å².